The summed E-state index contributed by atoms with van der Waals surface area (Å²) in [5.74, 6) is 0.256. The summed E-state index contributed by atoms with van der Waals surface area (Å²) in [6.45, 7) is 0. The minimum atomic E-state index is -0.367. The molecule has 0 spiro atoms. The van der Waals surface area contributed by atoms with Gasteiger partial charge in [0.15, 0.2) is 23.0 Å². The van der Waals surface area contributed by atoms with Crippen molar-refractivity contribution >= 4 is 23.2 Å². The van der Waals surface area contributed by atoms with Crippen molar-refractivity contribution in [2.45, 2.75) is 0 Å². The van der Waals surface area contributed by atoms with E-state index in [9.17, 15) is 4.79 Å². The van der Waals surface area contributed by atoms with Gasteiger partial charge in [-0.3, -0.25) is 4.79 Å². The highest BCUT2D eigenvalue weighted by Gasteiger charge is 2.09. The van der Waals surface area contributed by atoms with Gasteiger partial charge in [-0.25, -0.2) is 4.98 Å². The van der Waals surface area contributed by atoms with Crippen molar-refractivity contribution in [1.29, 1.82) is 0 Å². The molecule has 0 bridgehead atoms. The van der Waals surface area contributed by atoms with E-state index in [1.54, 1.807) is 24.4 Å². The Morgan fingerprint density at radius 2 is 2.10 bits per heavy atom. The number of hydrogen-bond donors (Lipinski definition) is 1. The average molecular weight is 301 g/mol. The van der Waals surface area contributed by atoms with Gasteiger partial charge in [-0.15, -0.1) is 10.2 Å². The average Bonchev–Trinajstić information content (AvgIpc) is 3.02. The van der Waals surface area contributed by atoms with Crippen LogP contribution in [0.5, 0.6) is 0 Å². The molecule has 104 valence electrons. The fourth-order valence-electron chi connectivity index (χ4n) is 1.74. The highest BCUT2D eigenvalue weighted by Crippen LogP contribution is 2.22. The Kier molecular flexibility index (Phi) is 3.61. The summed E-state index contributed by atoms with van der Waals surface area (Å²) >= 11 is 5.63. The minimum absolute atomic E-state index is 0.185. The van der Waals surface area contributed by atoms with Crippen LogP contribution < -0.4 is 5.32 Å². The summed E-state index contributed by atoms with van der Waals surface area (Å²) in [7, 11) is 0. The van der Waals surface area contributed by atoms with E-state index < -0.39 is 0 Å². The number of halogens is 1. The van der Waals surface area contributed by atoms with E-state index in [0.717, 1.165) is 5.56 Å². The Balaban J connectivity index is 1.80. The van der Waals surface area contributed by atoms with E-state index in [0.29, 0.717) is 11.4 Å². The molecule has 2 aromatic heterocycles. The van der Waals surface area contributed by atoms with Gasteiger partial charge in [0.05, 0.1) is 6.20 Å². The molecule has 3 aromatic rings. The van der Waals surface area contributed by atoms with Gasteiger partial charge in [-0.05, 0) is 24.3 Å². The molecule has 0 unspecified atom stereocenters. The number of nitrogens with zero attached hydrogens (tertiary/aromatic N) is 3. The number of rotatable bonds is 3. The van der Waals surface area contributed by atoms with Crippen molar-refractivity contribution in [2.24, 2.45) is 0 Å². The molecule has 0 aliphatic carbocycles. The van der Waals surface area contributed by atoms with Crippen LogP contribution in [-0.2, 0) is 0 Å². The number of benzene rings is 1. The zero-order valence-electron chi connectivity index (χ0n) is 10.7. The monoisotopic (exact) mass is 300 g/mol. The molecular weight excluding hydrogens is 292 g/mol. The van der Waals surface area contributed by atoms with Crippen molar-refractivity contribution in [1.82, 2.24) is 15.2 Å². The fraction of sp³-hybridized carbons (Fsp3) is 0. The highest BCUT2D eigenvalue weighted by atomic mass is 35.5. The molecule has 0 aliphatic heterocycles. The van der Waals surface area contributed by atoms with Gasteiger partial charge in [0.25, 0.3) is 5.91 Å². The third kappa shape index (κ3) is 3.06. The lowest BCUT2D eigenvalue weighted by Crippen LogP contribution is -2.14. The predicted octanol–water partition coefficient (Wildman–Crippen LogP) is 3.04. The Labute approximate surface area is 124 Å². The smallest absolute Gasteiger partial charge is 0.276 e. The van der Waals surface area contributed by atoms with E-state index in [2.05, 4.69) is 20.5 Å². The first kappa shape index (κ1) is 13.3. The number of amides is 1. The Bertz CT molecular complexity index is 757. The molecule has 0 saturated heterocycles. The first-order valence-corrected chi connectivity index (χ1v) is 6.40. The molecule has 0 radical (unpaired) electrons. The minimum Gasteiger partial charge on any atom is -0.444 e. The van der Waals surface area contributed by atoms with Gasteiger partial charge in [-0.2, -0.15) is 0 Å². The van der Waals surface area contributed by atoms with Crippen LogP contribution in [0.4, 0.5) is 5.69 Å². The fourth-order valence-corrected chi connectivity index (χ4v) is 1.84. The highest BCUT2D eigenvalue weighted by molar-refractivity contribution is 6.29. The second-order valence-electron chi connectivity index (χ2n) is 4.14. The number of aromatic nitrogens is 3. The molecule has 21 heavy (non-hydrogen) atoms. The molecule has 0 aliphatic rings. The quantitative estimate of drug-likeness (QED) is 0.804. The van der Waals surface area contributed by atoms with Crippen molar-refractivity contribution in [3.8, 4) is 11.3 Å². The standard InChI is InChI=1S/C14H9ClN4O2/c15-13-5-4-11(18-19-13)14(20)17-10-3-1-2-9(6-10)12-7-16-8-21-12/h1-8H,(H,17,20). The van der Waals surface area contributed by atoms with Crippen LogP contribution in [0.1, 0.15) is 10.5 Å². The largest absolute Gasteiger partial charge is 0.444 e. The summed E-state index contributed by atoms with van der Waals surface area (Å²) in [5, 5.41) is 10.3. The van der Waals surface area contributed by atoms with Crippen LogP contribution >= 0.6 is 11.6 Å². The summed E-state index contributed by atoms with van der Waals surface area (Å²) in [6.07, 6.45) is 2.95. The maximum atomic E-state index is 12.0. The van der Waals surface area contributed by atoms with Crippen LogP contribution in [0.2, 0.25) is 5.15 Å². The second kappa shape index (κ2) is 5.72. The molecular formula is C14H9ClN4O2. The Morgan fingerprint density at radius 1 is 1.19 bits per heavy atom. The molecule has 6 nitrogen and oxygen atoms in total. The van der Waals surface area contributed by atoms with Crippen LogP contribution in [0.15, 0.2) is 53.4 Å². The van der Waals surface area contributed by atoms with Crippen LogP contribution in [0, 0.1) is 0 Å². The number of carbonyl (C=O) groups excluding carboxylic acids is 1. The van der Waals surface area contributed by atoms with Gasteiger partial charge in [0.1, 0.15) is 0 Å². The third-order valence-corrected chi connectivity index (χ3v) is 2.90. The van der Waals surface area contributed by atoms with Crippen molar-refractivity contribution in [3.63, 3.8) is 0 Å². The summed E-state index contributed by atoms with van der Waals surface area (Å²) in [6, 6.07) is 10.2. The Hall–Kier alpha value is -2.73. The molecule has 0 atom stereocenters. The zero-order valence-corrected chi connectivity index (χ0v) is 11.4. The lowest BCUT2D eigenvalue weighted by atomic mass is 10.1. The molecule has 1 aromatic carbocycles. The van der Waals surface area contributed by atoms with E-state index in [-0.39, 0.29) is 16.8 Å². The normalized spacial score (nSPS) is 10.3. The van der Waals surface area contributed by atoms with Crippen LogP contribution in [-0.4, -0.2) is 21.1 Å². The maximum absolute atomic E-state index is 12.0. The van der Waals surface area contributed by atoms with Crippen molar-refractivity contribution in [3.05, 3.63) is 59.8 Å². The topological polar surface area (TPSA) is 80.9 Å². The van der Waals surface area contributed by atoms with Gasteiger partial charge >= 0.3 is 0 Å². The van der Waals surface area contributed by atoms with Crippen LogP contribution in [0.3, 0.4) is 0 Å². The van der Waals surface area contributed by atoms with Gasteiger partial charge < -0.3 is 9.73 Å². The Morgan fingerprint density at radius 3 is 2.81 bits per heavy atom. The first-order valence-electron chi connectivity index (χ1n) is 6.02. The third-order valence-electron chi connectivity index (χ3n) is 2.70. The van der Waals surface area contributed by atoms with Crippen LogP contribution in [0.25, 0.3) is 11.3 Å². The number of oxazole rings is 1. The van der Waals surface area contributed by atoms with Crippen molar-refractivity contribution < 1.29 is 9.21 Å². The second-order valence-corrected chi connectivity index (χ2v) is 4.53. The first-order chi connectivity index (χ1) is 10.2. The summed E-state index contributed by atoms with van der Waals surface area (Å²) in [4.78, 5) is 15.9. The molecule has 0 fully saturated rings. The molecule has 0 saturated carbocycles. The lowest BCUT2D eigenvalue weighted by Gasteiger charge is -2.05. The van der Waals surface area contributed by atoms with E-state index in [4.69, 9.17) is 16.0 Å². The van der Waals surface area contributed by atoms with E-state index in [1.807, 2.05) is 6.07 Å². The van der Waals surface area contributed by atoms with Gasteiger partial charge in [0.2, 0.25) is 0 Å². The predicted molar refractivity (Wildman–Crippen MR) is 76.9 cm³/mol. The number of hydrogen-bond acceptors (Lipinski definition) is 5. The molecule has 7 heteroatoms. The van der Waals surface area contributed by atoms with Gasteiger partial charge in [0, 0.05) is 11.3 Å². The molecule has 3 rings (SSSR count). The number of anilines is 1. The molecule has 2 heterocycles. The van der Waals surface area contributed by atoms with Gasteiger partial charge in [-0.1, -0.05) is 23.7 Å². The summed E-state index contributed by atoms with van der Waals surface area (Å²) < 4.78 is 5.22. The molecule has 1 N–H and O–H groups in total. The maximum Gasteiger partial charge on any atom is 0.276 e. The summed E-state index contributed by atoms with van der Waals surface area (Å²) in [5.41, 5.74) is 1.61. The lowest BCUT2D eigenvalue weighted by molar-refractivity contribution is 0.102. The number of carbonyl (C=O) groups is 1. The number of nitrogens with one attached hydrogen (secondary N) is 1. The van der Waals surface area contributed by atoms with E-state index in [1.165, 1.54) is 18.5 Å². The molecule has 1 amide bonds. The van der Waals surface area contributed by atoms with Crippen molar-refractivity contribution in [2.75, 3.05) is 5.32 Å². The SMILES string of the molecule is O=C(Nc1cccc(-c2cnco2)c1)c1ccc(Cl)nn1. The van der Waals surface area contributed by atoms with E-state index >= 15 is 0 Å². The zero-order chi connectivity index (χ0) is 14.7.